The van der Waals surface area contributed by atoms with E-state index < -0.39 is 88.8 Å². The minimum absolute atomic E-state index is 0.710. The molecule has 0 unspecified atom stereocenters. The van der Waals surface area contributed by atoms with Crippen LogP contribution in [0.3, 0.4) is 0 Å². The lowest BCUT2D eigenvalue weighted by Gasteiger charge is -2.10. The number of benzene rings is 3. The molecule has 0 fully saturated rings. The Morgan fingerprint density at radius 3 is 1.08 bits per heavy atom. The summed E-state index contributed by atoms with van der Waals surface area (Å²) in [5, 5.41) is 0. The molecule has 0 aromatic heterocycles. The predicted octanol–water partition coefficient (Wildman–Crippen LogP) is 3.14. The van der Waals surface area contributed by atoms with Gasteiger partial charge in [-0.1, -0.05) is 0 Å². The van der Waals surface area contributed by atoms with Crippen LogP contribution in [0.5, 0.6) is 0 Å². The number of rotatable bonds is 3. The van der Waals surface area contributed by atoms with Crippen LogP contribution in [0, 0.1) is 36.2 Å². The maximum atomic E-state index is 12.6. The molecule has 16 heteroatoms. The zero-order valence-corrected chi connectivity index (χ0v) is 19.8. The molecule has 0 radical (unpaired) electrons. The fourth-order valence-corrected chi connectivity index (χ4v) is 5.11. The summed E-state index contributed by atoms with van der Waals surface area (Å²) in [6.45, 7) is 0. The molecule has 0 heterocycles. The van der Waals surface area contributed by atoms with Gasteiger partial charge < -0.3 is 4.55 Å². The Hall–Kier alpha value is -2.47. The Bertz CT molecular complexity index is 1250. The molecule has 0 saturated carbocycles. The second-order valence-corrected chi connectivity index (χ2v) is 10.8. The molecule has 0 N–H and O–H groups in total. The summed E-state index contributed by atoms with van der Waals surface area (Å²) in [5.74, 6) is -12.8. The molecule has 0 amide bonds. The van der Waals surface area contributed by atoms with Crippen LogP contribution in [0.1, 0.15) is 11.1 Å². The van der Waals surface area contributed by atoms with Crippen molar-refractivity contribution in [1.29, 1.82) is 0 Å². The van der Waals surface area contributed by atoms with E-state index in [0.29, 0.717) is 7.14 Å². The highest BCUT2D eigenvalue weighted by Crippen LogP contribution is 2.29. The molecule has 3 aromatic rings. The summed E-state index contributed by atoms with van der Waals surface area (Å²) in [5.41, 5.74) is -1.47. The van der Waals surface area contributed by atoms with Crippen molar-refractivity contribution in [3.8, 4) is 0 Å². The van der Waals surface area contributed by atoms with Gasteiger partial charge in [0, 0.05) is 0 Å². The van der Waals surface area contributed by atoms with E-state index in [0.717, 1.165) is 24.3 Å². The van der Waals surface area contributed by atoms with Gasteiger partial charge in [0.05, 0.1) is 11.1 Å². The molecule has 0 saturated heterocycles. The third-order valence-electron chi connectivity index (χ3n) is 3.98. The highest BCUT2D eigenvalue weighted by molar-refractivity contribution is 7.85. The van der Waals surface area contributed by atoms with E-state index in [2.05, 4.69) is 0 Å². The number of alkyl halides is 6. The van der Waals surface area contributed by atoms with Crippen LogP contribution in [0.2, 0.25) is 0 Å². The van der Waals surface area contributed by atoms with E-state index in [1.807, 2.05) is 0 Å². The van der Waals surface area contributed by atoms with Gasteiger partial charge in [0.2, 0.25) is 5.82 Å². The topological polar surface area (TPSA) is 57.2 Å². The largest absolute Gasteiger partial charge is 0.744 e. The highest BCUT2D eigenvalue weighted by Gasteiger charge is 2.32. The Labute approximate surface area is 205 Å². The average molecular weight is 664 g/mol. The molecule has 0 aliphatic heterocycles. The van der Waals surface area contributed by atoms with E-state index >= 15 is 0 Å². The van der Waals surface area contributed by atoms with E-state index in [1.165, 1.54) is 24.3 Å². The van der Waals surface area contributed by atoms with Crippen molar-refractivity contribution in [1.82, 2.24) is 0 Å². The van der Waals surface area contributed by atoms with Crippen LogP contribution < -0.4 is 21.2 Å². The average Bonchev–Trinajstić information content (AvgIpc) is 2.75. The Kier molecular flexibility index (Phi) is 8.99. The summed E-state index contributed by atoms with van der Waals surface area (Å²) < 4.78 is 169. The molecule has 0 spiro atoms. The molecule has 0 aliphatic carbocycles. The highest BCUT2D eigenvalue weighted by atomic mass is 127. The lowest BCUT2D eigenvalue weighted by Crippen LogP contribution is -3.61. The minimum atomic E-state index is -5.77. The van der Waals surface area contributed by atoms with Gasteiger partial charge in [-0.15, -0.1) is 0 Å². The van der Waals surface area contributed by atoms with Crippen molar-refractivity contribution in [2.75, 3.05) is 0 Å². The zero-order valence-electron chi connectivity index (χ0n) is 16.8. The molecule has 3 aromatic carbocycles. The van der Waals surface area contributed by atoms with Gasteiger partial charge in [0.25, 0.3) is 0 Å². The number of hydrogen-bond acceptors (Lipinski definition) is 3. The molecule has 3 nitrogen and oxygen atoms in total. The standard InChI is InChI=1S/C14H8F6I.C6HF5O3S/c15-13(16,17)9-1-5-11(6-2-9)21-12-7-3-10(4-8-12)14(18,19)20;7-1-2(8)4(10)6(15(12,13)14)5(11)3(1)9/h1-8H;(H,12,13,14)/q+1;/p-1. The Morgan fingerprint density at radius 1 is 0.556 bits per heavy atom. The van der Waals surface area contributed by atoms with Gasteiger partial charge in [-0.2, -0.15) is 26.3 Å². The van der Waals surface area contributed by atoms with E-state index in [1.54, 1.807) is 0 Å². The molecule has 0 aliphatic rings. The van der Waals surface area contributed by atoms with Gasteiger partial charge in [0.15, 0.2) is 30.4 Å². The lowest BCUT2D eigenvalue weighted by atomic mass is 10.2. The maximum absolute atomic E-state index is 12.6. The van der Waals surface area contributed by atoms with Crippen molar-refractivity contribution in [2.45, 2.75) is 17.2 Å². The smallest absolute Gasteiger partial charge is 0.416 e. The van der Waals surface area contributed by atoms with Crippen molar-refractivity contribution in [3.05, 3.63) is 95.9 Å². The molecule has 0 bridgehead atoms. The van der Waals surface area contributed by atoms with E-state index in [9.17, 15) is 61.3 Å². The Morgan fingerprint density at radius 2 is 0.833 bits per heavy atom. The summed E-state index contributed by atoms with van der Waals surface area (Å²) in [4.78, 5) is -2.38. The lowest BCUT2D eigenvalue weighted by molar-refractivity contribution is -0.597. The zero-order chi connectivity index (χ0) is 27.6. The fraction of sp³-hybridized carbons (Fsp3) is 0.100. The molecule has 196 valence electrons. The normalized spacial score (nSPS) is 12.2. The summed E-state index contributed by atoms with van der Waals surface area (Å²) in [6, 6.07) is 9.42. The van der Waals surface area contributed by atoms with E-state index in [-0.39, 0.29) is 0 Å². The molecular weight excluding hydrogens is 656 g/mol. The van der Waals surface area contributed by atoms with Crippen molar-refractivity contribution in [2.24, 2.45) is 0 Å². The third-order valence-corrected chi connectivity index (χ3v) is 7.52. The molecular formula is C20H8F11IO3S. The monoisotopic (exact) mass is 664 g/mol. The first-order chi connectivity index (χ1) is 16.3. The van der Waals surface area contributed by atoms with Crippen LogP contribution in [0.15, 0.2) is 53.4 Å². The minimum Gasteiger partial charge on any atom is -0.744 e. The first-order valence-electron chi connectivity index (χ1n) is 8.80. The first-order valence-corrected chi connectivity index (χ1v) is 12.4. The molecule has 0 atom stereocenters. The van der Waals surface area contributed by atoms with Gasteiger partial charge in [0.1, 0.15) is 15.0 Å². The van der Waals surface area contributed by atoms with Gasteiger partial charge in [-0.05, 0) is 48.5 Å². The second kappa shape index (κ2) is 10.9. The van der Waals surface area contributed by atoms with Crippen molar-refractivity contribution in [3.63, 3.8) is 0 Å². The summed E-state index contributed by atoms with van der Waals surface area (Å²) in [6.07, 6.45) is -8.77. The van der Waals surface area contributed by atoms with Crippen molar-refractivity contribution >= 4 is 10.1 Å². The van der Waals surface area contributed by atoms with Gasteiger partial charge in [-0.3, -0.25) is 0 Å². The van der Waals surface area contributed by atoms with Gasteiger partial charge in [-0.25, -0.2) is 30.4 Å². The number of halogens is 12. The van der Waals surface area contributed by atoms with Gasteiger partial charge >= 0.3 is 33.6 Å². The maximum Gasteiger partial charge on any atom is 0.416 e. The van der Waals surface area contributed by atoms with Crippen LogP contribution in [-0.4, -0.2) is 13.0 Å². The molecule has 3 rings (SSSR count). The third kappa shape index (κ3) is 7.28. The van der Waals surface area contributed by atoms with Crippen LogP contribution in [-0.2, 0) is 22.5 Å². The summed E-state index contributed by atoms with van der Waals surface area (Å²) >= 11 is -0.805. The van der Waals surface area contributed by atoms with Crippen LogP contribution in [0.4, 0.5) is 48.3 Å². The van der Waals surface area contributed by atoms with Crippen LogP contribution >= 0.6 is 0 Å². The number of hydrogen-bond donors (Lipinski definition) is 0. The summed E-state index contributed by atoms with van der Waals surface area (Å²) in [7, 11) is -5.77. The Balaban J connectivity index is 0.000000269. The predicted molar refractivity (Wildman–Crippen MR) is 94.5 cm³/mol. The second-order valence-electron chi connectivity index (χ2n) is 6.46. The SMILES string of the molecule is FC(F)(F)c1ccc([I+]c2ccc(C(F)(F)F)cc2)cc1.O=S(=O)([O-])c1c(F)c(F)c(F)c(F)c1F. The quantitative estimate of drug-likeness (QED) is 0.142. The van der Waals surface area contributed by atoms with E-state index in [4.69, 9.17) is 0 Å². The van der Waals surface area contributed by atoms with Crippen LogP contribution in [0.25, 0.3) is 0 Å². The van der Waals surface area contributed by atoms with Crippen molar-refractivity contribution < 1.29 is 82.5 Å². The fourth-order valence-electron chi connectivity index (χ4n) is 2.33. The first kappa shape index (κ1) is 29.8. The molecule has 36 heavy (non-hydrogen) atoms.